The molecule has 1 fully saturated rings. The lowest BCUT2D eigenvalue weighted by atomic mass is 10.2. The summed E-state index contributed by atoms with van der Waals surface area (Å²) in [5.74, 6) is 0.308. The maximum Gasteiger partial charge on any atom is 0.191 e. The van der Waals surface area contributed by atoms with Crippen LogP contribution in [0.4, 0.5) is 10.1 Å². The van der Waals surface area contributed by atoms with Crippen LogP contribution in [0.1, 0.15) is 5.69 Å². The van der Waals surface area contributed by atoms with E-state index in [2.05, 4.69) is 25.0 Å². The lowest BCUT2D eigenvalue weighted by Gasteiger charge is -2.36. The number of hydrogen-bond donors (Lipinski definition) is 1. The number of aliphatic imine (C=N–C) groups is 1. The molecule has 8 heteroatoms. The largest absolute Gasteiger partial charge is 0.370 e. The first kappa shape index (κ1) is 15.3. The van der Waals surface area contributed by atoms with Crippen LogP contribution in [0.2, 0.25) is 0 Å². The van der Waals surface area contributed by atoms with Crippen molar-refractivity contribution in [2.45, 2.75) is 6.54 Å². The van der Waals surface area contributed by atoms with Gasteiger partial charge in [0.25, 0.3) is 0 Å². The van der Waals surface area contributed by atoms with Gasteiger partial charge in [-0.05, 0) is 24.3 Å². The number of piperazine rings is 1. The standard InChI is InChI=1S/C15H20FN7/c1-21-19-11-13(20-21)10-18-15(17)23-8-6-22(7-9-23)14-4-2-12(16)3-5-14/h2-5,11H,6-10H2,1H3,(H2,17,18). The molecule has 1 saturated heterocycles. The van der Waals surface area contributed by atoms with Crippen molar-refractivity contribution in [3.8, 4) is 0 Å². The Bertz CT molecular complexity index is 671. The van der Waals surface area contributed by atoms with E-state index in [1.165, 1.54) is 16.9 Å². The molecule has 7 nitrogen and oxygen atoms in total. The Morgan fingerprint density at radius 1 is 1.22 bits per heavy atom. The second kappa shape index (κ2) is 6.64. The highest BCUT2D eigenvalue weighted by Crippen LogP contribution is 2.16. The van der Waals surface area contributed by atoms with E-state index in [9.17, 15) is 4.39 Å². The summed E-state index contributed by atoms with van der Waals surface area (Å²) in [5.41, 5.74) is 7.88. The summed E-state index contributed by atoms with van der Waals surface area (Å²) in [5, 5.41) is 8.18. The van der Waals surface area contributed by atoms with Crippen LogP contribution in [0.25, 0.3) is 0 Å². The fraction of sp³-hybridized carbons (Fsp3) is 0.400. The smallest absolute Gasteiger partial charge is 0.191 e. The minimum Gasteiger partial charge on any atom is -0.370 e. The van der Waals surface area contributed by atoms with Crippen molar-refractivity contribution in [1.29, 1.82) is 0 Å². The molecular weight excluding hydrogens is 297 g/mol. The Kier molecular flexibility index (Phi) is 4.40. The van der Waals surface area contributed by atoms with Crippen LogP contribution < -0.4 is 10.6 Å². The van der Waals surface area contributed by atoms with E-state index in [1.54, 1.807) is 25.4 Å². The number of guanidine groups is 1. The molecule has 2 heterocycles. The molecule has 0 bridgehead atoms. The summed E-state index contributed by atoms with van der Waals surface area (Å²) in [6.07, 6.45) is 1.68. The average molecular weight is 317 g/mol. The molecule has 0 aliphatic carbocycles. The maximum atomic E-state index is 13.0. The minimum atomic E-state index is -0.215. The third kappa shape index (κ3) is 3.77. The van der Waals surface area contributed by atoms with E-state index in [1.807, 2.05) is 0 Å². The van der Waals surface area contributed by atoms with Crippen LogP contribution in [-0.4, -0.2) is 52.0 Å². The maximum absolute atomic E-state index is 13.0. The molecule has 0 saturated carbocycles. The Morgan fingerprint density at radius 2 is 1.91 bits per heavy atom. The van der Waals surface area contributed by atoms with E-state index in [4.69, 9.17) is 5.73 Å². The zero-order valence-electron chi connectivity index (χ0n) is 13.1. The average Bonchev–Trinajstić information content (AvgIpc) is 2.99. The first-order valence-corrected chi connectivity index (χ1v) is 7.52. The van der Waals surface area contributed by atoms with Gasteiger partial charge in [0.15, 0.2) is 5.96 Å². The summed E-state index contributed by atoms with van der Waals surface area (Å²) in [6.45, 7) is 3.65. The summed E-state index contributed by atoms with van der Waals surface area (Å²) >= 11 is 0. The fourth-order valence-electron chi connectivity index (χ4n) is 2.57. The van der Waals surface area contributed by atoms with Crippen molar-refractivity contribution in [2.75, 3.05) is 31.1 Å². The van der Waals surface area contributed by atoms with Crippen LogP contribution >= 0.6 is 0 Å². The number of rotatable bonds is 3. The van der Waals surface area contributed by atoms with Crippen molar-refractivity contribution in [2.24, 2.45) is 17.8 Å². The Hall–Kier alpha value is -2.64. The fourth-order valence-corrected chi connectivity index (χ4v) is 2.57. The molecule has 122 valence electrons. The first-order valence-electron chi connectivity index (χ1n) is 7.52. The number of nitrogens with zero attached hydrogens (tertiary/aromatic N) is 6. The Balaban J connectivity index is 1.54. The molecule has 2 aromatic rings. The molecule has 0 amide bonds. The van der Waals surface area contributed by atoms with Gasteiger partial charge in [-0.3, -0.25) is 0 Å². The van der Waals surface area contributed by atoms with Gasteiger partial charge in [0.2, 0.25) is 0 Å². The lowest BCUT2D eigenvalue weighted by Crippen LogP contribution is -2.51. The van der Waals surface area contributed by atoms with Crippen molar-refractivity contribution in [3.63, 3.8) is 0 Å². The molecule has 1 aromatic carbocycles. The highest BCUT2D eigenvalue weighted by molar-refractivity contribution is 5.78. The normalized spacial score (nSPS) is 16.0. The molecule has 1 aliphatic rings. The number of aryl methyl sites for hydroxylation is 1. The van der Waals surface area contributed by atoms with Crippen LogP contribution in [-0.2, 0) is 13.6 Å². The molecule has 1 aliphatic heterocycles. The van der Waals surface area contributed by atoms with Gasteiger partial charge in [-0.2, -0.15) is 15.0 Å². The topological polar surface area (TPSA) is 75.6 Å². The van der Waals surface area contributed by atoms with Gasteiger partial charge in [-0.15, -0.1) is 0 Å². The second-order valence-electron chi connectivity index (χ2n) is 5.45. The van der Waals surface area contributed by atoms with Gasteiger partial charge < -0.3 is 15.5 Å². The molecule has 23 heavy (non-hydrogen) atoms. The zero-order chi connectivity index (χ0) is 16.2. The Labute approximate surface area is 134 Å². The first-order chi connectivity index (χ1) is 11.1. The predicted octanol–water partition coefficient (Wildman–Crippen LogP) is 0.591. The van der Waals surface area contributed by atoms with E-state index in [-0.39, 0.29) is 5.82 Å². The molecule has 0 atom stereocenters. The van der Waals surface area contributed by atoms with Gasteiger partial charge in [0.1, 0.15) is 11.5 Å². The van der Waals surface area contributed by atoms with E-state index in [0.29, 0.717) is 12.5 Å². The van der Waals surface area contributed by atoms with Gasteiger partial charge in [0, 0.05) is 38.9 Å². The number of benzene rings is 1. The molecule has 0 radical (unpaired) electrons. The van der Waals surface area contributed by atoms with Crippen molar-refractivity contribution < 1.29 is 4.39 Å². The summed E-state index contributed by atoms with van der Waals surface area (Å²) in [7, 11) is 1.77. The minimum absolute atomic E-state index is 0.215. The number of halogens is 1. The van der Waals surface area contributed by atoms with Crippen LogP contribution in [0.5, 0.6) is 0 Å². The van der Waals surface area contributed by atoms with E-state index in [0.717, 1.165) is 37.6 Å². The monoisotopic (exact) mass is 317 g/mol. The van der Waals surface area contributed by atoms with Crippen LogP contribution in [0.3, 0.4) is 0 Å². The van der Waals surface area contributed by atoms with Crippen LogP contribution in [0.15, 0.2) is 35.5 Å². The van der Waals surface area contributed by atoms with Gasteiger partial charge >= 0.3 is 0 Å². The molecule has 3 rings (SSSR count). The summed E-state index contributed by atoms with van der Waals surface area (Å²) < 4.78 is 13.0. The van der Waals surface area contributed by atoms with E-state index >= 15 is 0 Å². The molecule has 1 aromatic heterocycles. The zero-order valence-corrected chi connectivity index (χ0v) is 13.1. The summed E-state index contributed by atoms with van der Waals surface area (Å²) in [6, 6.07) is 6.57. The SMILES string of the molecule is Cn1ncc(CN=C(N)N2CCN(c3ccc(F)cc3)CC2)n1. The van der Waals surface area contributed by atoms with Crippen LogP contribution in [0, 0.1) is 5.82 Å². The summed E-state index contributed by atoms with van der Waals surface area (Å²) in [4.78, 5) is 10.1. The number of aromatic nitrogens is 3. The third-order valence-corrected chi connectivity index (χ3v) is 3.85. The second-order valence-corrected chi connectivity index (χ2v) is 5.45. The molecule has 0 unspecified atom stereocenters. The Morgan fingerprint density at radius 3 is 2.52 bits per heavy atom. The van der Waals surface area contributed by atoms with Gasteiger partial charge in [0.05, 0.1) is 12.7 Å². The number of anilines is 1. The third-order valence-electron chi connectivity index (χ3n) is 3.85. The van der Waals surface area contributed by atoms with E-state index < -0.39 is 0 Å². The van der Waals surface area contributed by atoms with Crippen molar-refractivity contribution >= 4 is 11.6 Å². The molecule has 0 spiro atoms. The quantitative estimate of drug-likeness (QED) is 0.662. The molecule has 2 N–H and O–H groups in total. The number of nitrogens with two attached hydrogens (primary N) is 1. The predicted molar refractivity (Wildman–Crippen MR) is 86.5 cm³/mol. The highest BCUT2D eigenvalue weighted by Gasteiger charge is 2.18. The highest BCUT2D eigenvalue weighted by atomic mass is 19.1. The van der Waals surface area contributed by atoms with Gasteiger partial charge in [-0.1, -0.05) is 0 Å². The number of hydrogen-bond acceptors (Lipinski definition) is 4. The van der Waals surface area contributed by atoms with Gasteiger partial charge in [-0.25, -0.2) is 9.38 Å². The van der Waals surface area contributed by atoms with Crippen molar-refractivity contribution in [1.82, 2.24) is 19.9 Å². The molecular formula is C15H20FN7. The van der Waals surface area contributed by atoms with Crippen molar-refractivity contribution in [3.05, 3.63) is 42.0 Å². The lowest BCUT2D eigenvalue weighted by molar-refractivity contribution is 0.380.